The molecule has 1 aromatic heterocycles. The highest BCUT2D eigenvalue weighted by molar-refractivity contribution is 6.07. The maximum atomic E-state index is 12.9. The van der Waals surface area contributed by atoms with Gasteiger partial charge in [-0.1, -0.05) is 18.2 Å². The Balaban J connectivity index is 1.47. The summed E-state index contributed by atoms with van der Waals surface area (Å²) in [4.78, 5) is 42.0. The zero-order chi connectivity index (χ0) is 21.8. The van der Waals surface area contributed by atoms with Crippen LogP contribution in [0.15, 0.2) is 48.5 Å². The van der Waals surface area contributed by atoms with E-state index in [9.17, 15) is 14.4 Å². The molecule has 0 bridgehead atoms. The van der Waals surface area contributed by atoms with Crippen LogP contribution in [0.3, 0.4) is 0 Å². The summed E-state index contributed by atoms with van der Waals surface area (Å²) >= 11 is 0. The molecule has 31 heavy (non-hydrogen) atoms. The number of imide groups is 1. The third-order valence-electron chi connectivity index (χ3n) is 5.31. The number of hydrogen-bond donors (Lipinski definition) is 1. The number of rotatable bonds is 5. The van der Waals surface area contributed by atoms with Crippen molar-refractivity contribution >= 4 is 28.7 Å². The van der Waals surface area contributed by atoms with Crippen molar-refractivity contribution in [2.75, 3.05) is 13.7 Å². The molecule has 0 unspecified atom stereocenters. The Morgan fingerprint density at radius 1 is 1.00 bits per heavy atom. The fourth-order valence-electron chi connectivity index (χ4n) is 3.79. The largest absolute Gasteiger partial charge is 0.497 e. The molecule has 0 spiro atoms. The van der Waals surface area contributed by atoms with Crippen LogP contribution in [-0.4, -0.2) is 36.5 Å². The van der Waals surface area contributed by atoms with Crippen LogP contribution in [0.5, 0.6) is 5.75 Å². The number of aryl methyl sites for hydroxylation is 1. The number of carbonyl (C=O) groups is 3. The van der Waals surface area contributed by atoms with E-state index in [0.29, 0.717) is 22.3 Å². The summed E-state index contributed by atoms with van der Waals surface area (Å²) in [6.07, 6.45) is 3.57. The average Bonchev–Trinajstić information content (AvgIpc) is 2.81. The minimum absolute atomic E-state index is 0.301. The fourth-order valence-corrected chi connectivity index (χ4v) is 3.79. The molecule has 2 aromatic carbocycles. The number of pyridine rings is 1. The highest BCUT2D eigenvalue weighted by Crippen LogP contribution is 2.29. The molecule has 0 saturated carbocycles. The summed E-state index contributed by atoms with van der Waals surface area (Å²) in [7, 11) is 1.52. The van der Waals surface area contributed by atoms with Crippen molar-refractivity contribution in [3.05, 3.63) is 70.9 Å². The number of aromatic nitrogens is 1. The van der Waals surface area contributed by atoms with Gasteiger partial charge in [0.15, 0.2) is 6.61 Å². The molecule has 0 fully saturated rings. The molecule has 0 aliphatic heterocycles. The fraction of sp³-hybridized carbons (Fsp3) is 0.250. The van der Waals surface area contributed by atoms with Crippen LogP contribution in [0, 0.1) is 0 Å². The third-order valence-corrected chi connectivity index (χ3v) is 5.31. The molecule has 7 heteroatoms. The Bertz CT molecular complexity index is 1150. The Hall–Kier alpha value is -3.74. The normalized spacial score (nSPS) is 12.7. The lowest BCUT2D eigenvalue weighted by molar-refractivity contribution is -0.123. The van der Waals surface area contributed by atoms with Crippen molar-refractivity contribution < 1.29 is 23.9 Å². The second kappa shape index (κ2) is 8.95. The molecule has 0 saturated heterocycles. The lowest BCUT2D eigenvalue weighted by atomic mass is 9.90. The molecular formula is C24H22N2O5. The molecule has 0 radical (unpaired) electrons. The molecule has 1 N–H and O–H groups in total. The van der Waals surface area contributed by atoms with Crippen molar-refractivity contribution in [3.63, 3.8) is 0 Å². The van der Waals surface area contributed by atoms with E-state index < -0.39 is 24.4 Å². The monoisotopic (exact) mass is 418 g/mol. The lowest BCUT2D eigenvalue weighted by Gasteiger charge is -2.19. The zero-order valence-electron chi connectivity index (χ0n) is 17.1. The first-order chi connectivity index (χ1) is 15.1. The van der Waals surface area contributed by atoms with Crippen LogP contribution in [-0.2, 0) is 22.4 Å². The van der Waals surface area contributed by atoms with Crippen LogP contribution in [0.1, 0.15) is 44.8 Å². The topological polar surface area (TPSA) is 94.6 Å². The van der Waals surface area contributed by atoms with Gasteiger partial charge < -0.3 is 9.47 Å². The molecular weight excluding hydrogens is 396 g/mol. The number of ether oxygens (including phenoxy) is 2. The van der Waals surface area contributed by atoms with Gasteiger partial charge in [0.2, 0.25) is 0 Å². The van der Waals surface area contributed by atoms with E-state index in [4.69, 9.17) is 14.5 Å². The Morgan fingerprint density at radius 3 is 2.52 bits per heavy atom. The maximum absolute atomic E-state index is 12.9. The molecule has 4 rings (SSSR count). The lowest BCUT2D eigenvalue weighted by Crippen LogP contribution is -2.34. The minimum atomic E-state index is -0.693. The summed E-state index contributed by atoms with van der Waals surface area (Å²) in [5, 5.41) is 2.94. The number of para-hydroxylation sites is 1. The number of benzene rings is 2. The van der Waals surface area contributed by atoms with Gasteiger partial charge >= 0.3 is 5.97 Å². The zero-order valence-corrected chi connectivity index (χ0v) is 17.1. The Kier molecular flexibility index (Phi) is 5.93. The van der Waals surface area contributed by atoms with E-state index in [-0.39, 0.29) is 0 Å². The first-order valence-electron chi connectivity index (χ1n) is 10.1. The van der Waals surface area contributed by atoms with E-state index in [2.05, 4.69) is 5.32 Å². The molecule has 1 heterocycles. The van der Waals surface area contributed by atoms with Gasteiger partial charge in [0.25, 0.3) is 11.8 Å². The smallest absolute Gasteiger partial charge is 0.339 e. The highest BCUT2D eigenvalue weighted by atomic mass is 16.5. The van der Waals surface area contributed by atoms with Crippen molar-refractivity contribution in [3.8, 4) is 5.75 Å². The quantitative estimate of drug-likeness (QED) is 0.640. The number of fused-ring (bicyclic) bond motifs is 2. The number of methoxy groups -OCH3 is 1. The Labute approximate surface area is 179 Å². The van der Waals surface area contributed by atoms with E-state index in [1.807, 2.05) is 24.3 Å². The SMILES string of the molecule is COc1ccc(C(=O)NC(=O)COC(=O)c2c3c(nc4ccccc24)CCCC3)cc1. The molecule has 1 aliphatic rings. The van der Waals surface area contributed by atoms with Crippen LogP contribution in [0.4, 0.5) is 0 Å². The van der Waals surface area contributed by atoms with Gasteiger partial charge in [0.1, 0.15) is 5.75 Å². The second-order valence-electron chi connectivity index (χ2n) is 7.32. The van der Waals surface area contributed by atoms with Gasteiger partial charge in [0, 0.05) is 16.6 Å². The summed E-state index contributed by atoms with van der Waals surface area (Å²) in [5.41, 5.74) is 3.30. The highest BCUT2D eigenvalue weighted by Gasteiger charge is 2.24. The van der Waals surface area contributed by atoms with E-state index >= 15 is 0 Å². The minimum Gasteiger partial charge on any atom is -0.497 e. The number of carbonyl (C=O) groups excluding carboxylic acids is 3. The van der Waals surface area contributed by atoms with E-state index in [1.54, 1.807) is 24.3 Å². The second-order valence-corrected chi connectivity index (χ2v) is 7.32. The van der Waals surface area contributed by atoms with Crippen LogP contribution in [0.25, 0.3) is 10.9 Å². The number of esters is 1. The van der Waals surface area contributed by atoms with Gasteiger partial charge in [-0.25, -0.2) is 4.79 Å². The summed E-state index contributed by atoms with van der Waals surface area (Å²) in [6, 6.07) is 13.7. The molecule has 2 amide bonds. The average molecular weight is 418 g/mol. The predicted octanol–water partition coefficient (Wildman–Crippen LogP) is 3.24. The number of nitrogens with zero attached hydrogens (tertiary/aromatic N) is 1. The standard InChI is InChI=1S/C24H22N2O5/c1-30-16-12-10-15(11-13-16)23(28)26-21(27)14-31-24(29)22-17-6-2-4-8-19(17)25-20-9-5-3-7-18(20)22/h2,4,6,8,10-13H,3,5,7,9,14H2,1H3,(H,26,27,28). The first-order valence-corrected chi connectivity index (χ1v) is 10.1. The van der Waals surface area contributed by atoms with Gasteiger partial charge in [-0.2, -0.15) is 0 Å². The maximum Gasteiger partial charge on any atom is 0.339 e. The molecule has 0 atom stereocenters. The van der Waals surface area contributed by atoms with Gasteiger partial charge in [-0.05, 0) is 61.6 Å². The Morgan fingerprint density at radius 2 is 1.74 bits per heavy atom. The van der Waals surface area contributed by atoms with Crippen LogP contribution in [0.2, 0.25) is 0 Å². The van der Waals surface area contributed by atoms with Crippen LogP contribution >= 0.6 is 0 Å². The van der Waals surface area contributed by atoms with E-state index in [1.165, 1.54) is 7.11 Å². The van der Waals surface area contributed by atoms with Crippen molar-refractivity contribution in [1.82, 2.24) is 10.3 Å². The van der Waals surface area contributed by atoms with Gasteiger partial charge in [0.05, 0.1) is 18.2 Å². The summed E-state index contributed by atoms with van der Waals surface area (Å²) < 4.78 is 10.3. The van der Waals surface area contributed by atoms with E-state index in [0.717, 1.165) is 42.5 Å². The summed E-state index contributed by atoms with van der Waals surface area (Å²) in [5.74, 6) is -1.25. The molecule has 158 valence electrons. The molecule has 3 aromatic rings. The van der Waals surface area contributed by atoms with Crippen molar-refractivity contribution in [1.29, 1.82) is 0 Å². The summed E-state index contributed by atoms with van der Waals surface area (Å²) in [6.45, 7) is -0.549. The third kappa shape index (κ3) is 4.40. The molecule has 1 aliphatic carbocycles. The number of amides is 2. The first kappa shape index (κ1) is 20.5. The molecule has 7 nitrogen and oxygen atoms in total. The van der Waals surface area contributed by atoms with Crippen LogP contribution < -0.4 is 10.1 Å². The van der Waals surface area contributed by atoms with Gasteiger partial charge in [-0.15, -0.1) is 0 Å². The van der Waals surface area contributed by atoms with Crippen molar-refractivity contribution in [2.45, 2.75) is 25.7 Å². The number of hydrogen-bond acceptors (Lipinski definition) is 6. The van der Waals surface area contributed by atoms with Gasteiger partial charge in [-0.3, -0.25) is 19.9 Å². The predicted molar refractivity (Wildman–Crippen MR) is 114 cm³/mol. The van der Waals surface area contributed by atoms with Crippen molar-refractivity contribution in [2.24, 2.45) is 0 Å². The number of nitrogens with one attached hydrogen (secondary N) is 1.